The summed E-state index contributed by atoms with van der Waals surface area (Å²) in [7, 11) is 0. The molecule has 0 saturated carbocycles. The number of aromatic nitrogens is 2. The van der Waals surface area contributed by atoms with E-state index in [0.29, 0.717) is 18.1 Å². The summed E-state index contributed by atoms with van der Waals surface area (Å²) in [5.41, 5.74) is 9.28. The first-order valence-corrected chi connectivity index (χ1v) is 7.83. The predicted octanol–water partition coefficient (Wildman–Crippen LogP) is 3.74. The van der Waals surface area contributed by atoms with Gasteiger partial charge < -0.3 is 15.8 Å². The quantitative estimate of drug-likeness (QED) is 0.739. The van der Waals surface area contributed by atoms with Gasteiger partial charge in [0.05, 0.1) is 18.0 Å². The van der Waals surface area contributed by atoms with Crippen molar-refractivity contribution >= 4 is 17.2 Å². The highest BCUT2D eigenvalue weighted by Crippen LogP contribution is 2.27. The molecule has 2 aromatic heterocycles. The van der Waals surface area contributed by atoms with Gasteiger partial charge in [-0.25, -0.2) is 0 Å². The maximum atomic E-state index is 9.17. The van der Waals surface area contributed by atoms with Gasteiger partial charge in [0.25, 0.3) is 0 Å². The Balaban J connectivity index is 1.84. The number of nitrogens with zero attached hydrogens (tertiary/aromatic N) is 3. The lowest BCUT2D eigenvalue weighted by Gasteiger charge is -2.11. The van der Waals surface area contributed by atoms with Crippen LogP contribution in [-0.2, 0) is 0 Å². The molecule has 3 N–H and O–H groups in total. The summed E-state index contributed by atoms with van der Waals surface area (Å²) in [5.74, 6) is 0.753. The van der Waals surface area contributed by atoms with Crippen LogP contribution in [0.25, 0.3) is 11.3 Å². The van der Waals surface area contributed by atoms with Gasteiger partial charge in [0.1, 0.15) is 17.5 Å². The number of hydrogen-bond acceptors (Lipinski definition) is 6. The normalized spacial score (nSPS) is 10.1. The highest BCUT2D eigenvalue weighted by molar-refractivity contribution is 5.69. The fraction of sp³-hybridized carbons (Fsp3) is 0.105. The van der Waals surface area contributed by atoms with E-state index in [2.05, 4.69) is 15.3 Å². The lowest BCUT2D eigenvalue weighted by Crippen LogP contribution is -2.04. The third-order valence-electron chi connectivity index (χ3n) is 3.53. The van der Waals surface area contributed by atoms with E-state index in [-0.39, 0.29) is 11.4 Å². The summed E-state index contributed by atoms with van der Waals surface area (Å²) in [5, 5.41) is 12.3. The van der Waals surface area contributed by atoms with Gasteiger partial charge in [-0.15, -0.1) is 0 Å². The Morgan fingerprint density at radius 2 is 2.00 bits per heavy atom. The van der Waals surface area contributed by atoms with Crippen LogP contribution in [0.15, 0.2) is 54.7 Å². The van der Waals surface area contributed by atoms with E-state index >= 15 is 0 Å². The van der Waals surface area contributed by atoms with Crippen LogP contribution in [0.1, 0.15) is 12.5 Å². The highest BCUT2D eigenvalue weighted by Gasteiger charge is 2.12. The number of nitrogens with one attached hydrogen (secondary N) is 1. The van der Waals surface area contributed by atoms with Gasteiger partial charge in [-0.2, -0.15) is 10.2 Å². The van der Waals surface area contributed by atoms with Crippen molar-refractivity contribution < 1.29 is 4.74 Å². The van der Waals surface area contributed by atoms with E-state index in [4.69, 9.17) is 15.7 Å². The van der Waals surface area contributed by atoms with E-state index in [1.807, 2.05) is 55.5 Å². The van der Waals surface area contributed by atoms with Gasteiger partial charge in [0, 0.05) is 23.5 Å². The summed E-state index contributed by atoms with van der Waals surface area (Å²) in [6.07, 6.45) is 1.76. The molecule has 0 aliphatic carbocycles. The first-order chi connectivity index (χ1) is 12.2. The average molecular weight is 331 g/mol. The van der Waals surface area contributed by atoms with E-state index in [1.165, 1.54) is 0 Å². The van der Waals surface area contributed by atoms with Crippen LogP contribution in [0, 0.1) is 11.3 Å². The van der Waals surface area contributed by atoms with Crippen molar-refractivity contribution in [2.45, 2.75) is 6.92 Å². The minimum atomic E-state index is 0.234. The molecule has 0 radical (unpaired) electrons. The third-order valence-corrected chi connectivity index (χ3v) is 3.53. The Labute approximate surface area is 145 Å². The minimum Gasteiger partial charge on any atom is -0.477 e. The molecule has 25 heavy (non-hydrogen) atoms. The highest BCUT2D eigenvalue weighted by atomic mass is 16.5. The second kappa shape index (κ2) is 7.32. The fourth-order valence-corrected chi connectivity index (χ4v) is 2.36. The number of hydrogen-bond donors (Lipinski definition) is 2. The number of nitrogens with two attached hydrogens (primary N) is 1. The molecule has 0 saturated heterocycles. The smallest absolute Gasteiger partial charge is 0.235 e. The van der Waals surface area contributed by atoms with Crippen molar-refractivity contribution in [2.75, 3.05) is 17.7 Å². The molecule has 0 atom stereocenters. The van der Waals surface area contributed by atoms with Crippen LogP contribution in [0.2, 0.25) is 0 Å². The van der Waals surface area contributed by atoms with Gasteiger partial charge in [0.15, 0.2) is 0 Å². The minimum absolute atomic E-state index is 0.234. The van der Waals surface area contributed by atoms with Crippen molar-refractivity contribution in [3.05, 3.63) is 60.3 Å². The van der Waals surface area contributed by atoms with Gasteiger partial charge in [-0.1, -0.05) is 18.2 Å². The zero-order chi connectivity index (χ0) is 17.6. The van der Waals surface area contributed by atoms with Crippen LogP contribution >= 0.6 is 0 Å². The molecule has 0 fully saturated rings. The lowest BCUT2D eigenvalue weighted by molar-refractivity contribution is 0.326. The van der Waals surface area contributed by atoms with Crippen LogP contribution in [0.3, 0.4) is 0 Å². The van der Waals surface area contributed by atoms with E-state index in [0.717, 1.165) is 16.9 Å². The summed E-state index contributed by atoms with van der Waals surface area (Å²) in [4.78, 5) is 8.65. The van der Waals surface area contributed by atoms with Crippen molar-refractivity contribution in [1.29, 1.82) is 5.26 Å². The summed E-state index contributed by atoms with van der Waals surface area (Å²) < 4.78 is 5.40. The maximum Gasteiger partial charge on any atom is 0.235 e. The SMILES string of the molecule is CCOc1nc(Nc2ccc(-c3ccccn3)cc2)cc(N)c1C#N. The molecule has 0 unspecified atom stereocenters. The van der Waals surface area contributed by atoms with Gasteiger partial charge in [-0.05, 0) is 31.2 Å². The van der Waals surface area contributed by atoms with Crippen molar-refractivity contribution in [3.63, 3.8) is 0 Å². The molecule has 6 heteroatoms. The maximum absolute atomic E-state index is 9.17. The summed E-state index contributed by atoms with van der Waals surface area (Å²) >= 11 is 0. The number of nitrogen functional groups attached to an aromatic ring is 1. The van der Waals surface area contributed by atoms with E-state index in [1.54, 1.807) is 12.3 Å². The van der Waals surface area contributed by atoms with E-state index < -0.39 is 0 Å². The molecule has 0 aliphatic rings. The lowest BCUT2D eigenvalue weighted by atomic mass is 10.1. The Morgan fingerprint density at radius 1 is 1.20 bits per heavy atom. The van der Waals surface area contributed by atoms with Crippen LogP contribution < -0.4 is 15.8 Å². The number of nitriles is 1. The topological polar surface area (TPSA) is 96.8 Å². The Hall–Kier alpha value is -3.59. The molecule has 0 amide bonds. The Bertz CT molecular complexity index is 902. The molecule has 0 aliphatic heterocycles. The van der Waals surface area contributed by atoms with Crippen LogP contribution in [0.4, 0.5) is 17.2 Å². The number of pyridine rings is 2. The van der Waals surface area contributed by atoms with Gasteiger partial charge in [0.2, 0.25) is 5.88 Å². The molecule has 1 aromatic carbocycles. The summed E-state index contributed by atoms with van der Waals surface area (Å²) in [6, 6.07) is 17.2. The number of rotatable bonds is 5. The Kier molecular flexibility index (Phi) is 4.77. The second-order valence-electron chi connectivity index (χ2n) is 5.24. The predicted molar refractivity (Wildman–Crippen MR) is 97.5 cm³/mol. The first kappa shape index (κ1) is 16.3. The zero-order valence-electron chi connectivity index (χ0n) is 13.7. The molecule has 6 nitrogen and oxygen atoms in total. The van der Waals surface area contributed by atoms with Crippen LogP contribution in [-0.4, -0.2) is 16.6 Å². The standard InChI is InChI=1S/C19H17N5O/c1-2-25-19-15(12-20)16(21)11-18(24-19)23-14-8-6-13(7-9-14)17-5-3-4-10-22-17/h3-11H,2H2,1H3,(H3,21,23,24). The molecule has 2 heterocycles. The fourth-order valence-electron chi connectivity index (χ4n) is 2.36. The largest absolute Gasteiger partial charge is 0.477 e. The number of benzene rings is 1. The average Bonchev–Trinajstić information content (AvgIpc) is 2.63. The molecule has 124 valence electrons. The molecule has 3 aromatic rings. The molecular weight excluding hydrogens is 314 g/mol. The van der Waals surface area contributed by atoms with Gasteiger partial charge >= 0.3 is 0 Å². The van der Waals surface area contributed by atoms with Crippen molar-refractivity contribution in [1.82, 2.24) is 9.97 Å². The Morgan fingerprint density at radius 3 is 2.64 bits per heavy atom. The van der Waals surface area contributed by atoms with E-state index in [9.17, 15) is 0 Å². The zero-order valence-corrected chi connectivity index (χ0v) is 13.7. The van der Waals surface area contributed by atoms with Crippen molar-refractivity contribution in [2.24, 2.45) is 0 Å². The van der Waals surface area contributed by atoms with Gasteiger partial charge in [-0.3, -0.25) is 4.98 Å². The van der Waals surface area contributed by atoms with Crippen LogP contribution in [0.5, 0.6) is 5.88 Å². The number of ether oxygens (including phenoxy) is 1. The summed E-state index contributed by atoms with van der Waals surface area (Å²) in [6.45, 7) is 2.23. The molecule has 0 spiro atoms. The molecular formula is C19H17N5O. The monoisotopic (exact) mass is 331 g/mol. The molecule has 0 bridgehead atoms. The molecule has 3 rings (SSSR count). The third kappa shape index (κ3) is 3.67. The first-order valence-electron chi connectivity index (χ1n) is 7.83. The second-order valence-corrected chi connectivity index (χ2v) is 5.24. The number of anilines is 3. The van der Waals surface area contributed by atoms with Crippen molar-refractivity contribution in [3.8, 4) is 23.2 Å².